The summed E-state index contributed by atoms with van der Waals surface area (Å²) in [6.45, 7) is 4.46. The zero-order valence-electron chi connectivity index (χ0n) is 11.2. The predicted molar refractivity (Wildman–Crippen MR) is 70.0 cm³/mol. The Kier molecular flexibility index (Phi) is 3.72. The van der Waals surface area contributed by atoms with Crippen LogP contribution in [0.15, 0.2) is 0 Å². The molecule has 5 atom stereocenters. The number of hydrogen-bond donors (Lipinski definition) is 1. The van der Waals surface area contributed by atoms with E-state index >= 15 is 0 Å². The molecule has 2 bridgehead atoms. The molecule has 3 aliphatic rings. The summed E-state index contributed by atoms with van der Waals surface area (Å²) >= 11 is 0. The fraction of sp³-hybridized carbons (Fsp3) is 1.00. The van der Waals surface area contributed by atoms with Crippen molar-refractivity contribution in [2.45, 2.75) is 64.0 Å². The Balaban J connectivity index is 1.42. The van der Waals surface area contributed by atoms with Crippen LogP contribution in [-0.4, -0.2) is 25.3 Å². The molecule has 0 amide bonds. The van der Waals surface area contributed by atoms with Gasteiger partial charge in [0.15, 0.2) is 0 Å². The lowest BCUT2D eigenvalue weighted by atomic mass is 9.84. The molecular weight excluding hydrogens is 210 g/mol. The van der Waals surface area contributed by atoms with Crippen LogP contribution in [-0.2, 0) is 4.74 Å². The van der Waals surface area contributed by atoms with E-state index in [1.807, 2.05) is 0 Å². The molecule has 0 aromatic carbocycles. The van der Waals surface area contributed by atoms with Crippen LogP contribution in [0.3, 0.4) is 0 Å². The summed E-state index contributed by atoms with van der Waals surface area (Å²) in [6, 6.07) is 0.704. The van der Waals surface area contributed by atoms with E-state index in [-0.39, 0.29) is 0 Å². The van der Waals surface area contributed by atoms with Gasteiger partial charge >= 0.3 is 0 Å². The summed E-state index contributed by atoms with van der Waals surface area (Å²) in [5, 5.41) is 3.75. The minimum Gasteiger partial charge on any atom is -0.377 e. The normalized spacial score (nSPS) is 42.9. The van der Waals surface area contributed by atoms with Crippen LogP contribution < -0.4 is 5.32 Å². The van der Waals surface area contributed by atoms with Crippen molar-refractivity contribution >= 4 is 0 Å². The second kappa shape index (κ2) is 5.27. The van der Waals surface area contributed by atoms with Gasteiger partial charge in [-0.25, -0.2) is 0 Å². The zero-order valence-corrected chi connectivity index (χ0v) is 11.2. The SMILES string of the molecule is CC(NCC1CCCCO1)C1CC2CCC1C2. The lowest BCUT2D eigenvalue weighted by Crippen LogP contribution is -2.41. The third-order valence-electron chi connectivity index (χ3n) is 5.38. The van der Waals surface area contributed by atoms with Gasteiger partial charge in [0.1, 0.15) is 0 Å². The number of rotatable bonds is 4. The van der Waals surface area contributed by atoms with Gasteiger partial charge in [-0.2, -0.15) is 0 Å². The number of hydrogen-bond acceptors (Lipinski definition) is 2. The highest BCUT2D eigenvalue weighted by molar-refractivity contribution is 4.94. The molecule has 0 aromatic heterocycles. The van der Waals surface area contributed by atoms with Crippen molar-refractivity contribution in [1.29, 1.82) is 0 Å². The Morgan fingerprint density at radius 3 is 2.76 bits per heavy atom. The van der Waals surface area contributed by atoms with E-state index in [2.05, 4.69) is 12.2 Å². The Labute approximate surface area is 105 Å². The number of ether oxygens (including phenoxy) is 1. The van der Waals surface area contributed by atoms with Gasteiger partial charge in [0, 0.05) is 19.2 Å². The van der Waals surface area contributed by atoms with Crippen molar-refractivity contribution in [3.8, 4) is 0 Å². The molecule has 0 aromatic rings. The van der Waals surface area contributed by atoms with Gasteiger partial charge in [-0.15, -0.1) is 0 Å². The average Bonchev–Trinajstić information content (AvgIpc) is 2.99. The summed E-state index contributed by atoms with van der Waals surface area (Å²) in [6.07, 6.45) is 10.4. The first-order valence-electron chi connectivity index (χ1n) is 7.68. The van der Waals surface area contributed by atoms with Gasteiger partial charge in [0.25, 0.3) is 0 Å². The third-order valence-corrected chi connectivity index (χ3v) is 5.38. The van der Waals surface area contributed by atoms with E-state index in [0.29, 0.717) is 12.1 Å². The molecule has 1 saturated heterocycles. The molecule has 1 heterocycles. The summed E-state index contributed by atoms with van der Waals surface area (Å²) in [5.41, 5.74) is 0. The van der Waals surface area contributed by atoms with Crippen molar-refractivity contribution in [1.82, 2.24) is 5.32 Å². The van der Waals surface area contributed by atoms with E-state index in [0.717, 1.165) is 30.9 Å². The minimum atomic E-state index is 0.491. The van der Waals surface area contributed by atoms with Crippen LogP contribution in [0.25, 0.3) is 0 Å². The fourth-order valence-electron chi connectivity index (χ4n) is 4.34. The van der Waals surface area contributed by atoms with E-state index in [4.69, 9.17) is 4.74 Å². The van der Waals surface area contributed by atoms with Crippen molar-refractivity contribution < 1.29 is 4.74 Å². The molecule has 2 heteroatoms. The molecule has 98 valence electrons. The van der Waals surface area contributed by atoms with E-state index in [1.54, 1.807) is 0 Å². The first-order chi connectivity index (χ1) is 8.33. The molecule has 3 fully saturated rings. The number of nitrogens with one attached hydrogen (secondary N) is 1. The van der Waals surface area contributed by atoms with Gasteiger partial charge < -0.3 is 10.1 Å². The standard InChI is InChI=1S/C15H27NO/c1-11(15-9-12-5-6-13(15)8-12)16-10-14-4-2-3-7-17-14/h11-16H,2-10H2,1H3. The minimum absolute atomic E-state index is 0.491. The summed E-state index contributed by atoms with van der Waals surface area (Å²) in [4.78, 5) is 0. The molecule has 1 aliphatic heterocycles. The zero-order chi connectivity index (χ0) is 11.7. The van der Waals surface area contributed by atoms with E-state index in [9.17, 15) is 0 Å². The largest absolute Gasteiger partial charge is 0.377 e. The number of fused-ring (bicyclic) bond motifs is 2. The molecule has 2 aliphatic carbocycles. The lowest BCUT2D eigenvalue weighted by Gasteiger charge is -2.31. The van der Waals surface area contributed by atoms with Crippen LogP contribution in [0.4, 0.5) is 0 Å². The molecule has 0 radical (unpaired) electrons. The summed E-state index contributed by atoms with van der Waals surface area (Å²) < 4.78 is 5.79. The van der Waals surface area contributed by atoms with Crippen LogP contribution in [0, 0.1) is 17.8 Å². The fourth-order valence-corrected chi connectivity index (χ4v) is 4.34. The van der Waals surface area contributed by atoms with Gasteiger partial charge in [-0.1, -0.05) is 6.42 Å². The first kappa shape index (κ1) is 12.0. The molecule has 2 saturated carbocycles. The molecule has 5 unspecified atom stereocenters. The lowest BCUT2D eigenvalue weighted by molar-refractivity contribution is 0.0139. The Morgan fingerprint density at radius 1 is 1.18 bits per heavy atom. The third kappa shape index (κ3) is 2.68. The van der Waals surface area contributed by atoms with Crippen molar-refractivity contribution in [2.24, 2.45) is 17.8 Å². The Hall–Kier alpha value is -0.0800. The topological polar surface area (TPSA) is 21.3 Å². The smallest absolute Gasteiger partial charge is 0.0699 e. The second-order valence-electron chi connectivity index (χ2n) is 6.52. The van der Waals surface area contributed by atoms with E-state index in [1.165, 1.54) is 44.9 Å². The Bertz CT molecular complexity index is 249. The van der Waals surface area contributed by atoms with Crippen LogP contribution in [0.2, 0.25) is 0 Å². The average molecular weight is 237 g/mol. The maximum Gasteiger partial charge on any atom is 0.0699 e. The van der Waals surface area contributed by atoms with Crippen LogP contribution in [0.1, 0.15) is 51.9 Å². The van der Waals surface area contributed by atoms with Crippen LogP contribution >= 0.6 is 0 Å². The molecule has 17 heavy (non-hydrogen) atoms. The van der Waals surface area contributed by atoms with Crippen molar-refractivity contribution in [3.63, 3.8) is 0 Å². The van der Waals surface area contributed by atoms with Gasteiger partial charge in [0.2, 0.25) is 0 Å². The Morgan fingerprint density at radius 2 is 2.12 bits per heavy atom. The highest BCUT2D eigenvalue weighted by atomic mass is 16.5. The monoisotopic (exact) mass is 237 g/mol. The van der Waals surface area contributed by atoms with Crippen LogP contribution in [0.5, 0.6) is 0 Å². The molecule has 0 spiro atoms. The highest BCUT2D eigenvalue weighted by Crippen LogP contribution is 2.49. The predicted octanol–water partition coefficient (Wildman–Crippen LogP) is 2.97. The summed E-state index contributed by atoms with van der Waals surface area (Å²) in [5.74, 6) is 3.06. The maximum atomic E-state index is 5.79. The first-order valence-corrected chi connectivity index (χ1v) is 7.68. The van der Waals surface area contributed by atoms with Crippen molar-refractivity contribution in [3.05, 3.63) is 0 Å². The van der Waals surface area contributed by atoms with Gasteiger partial charge in [-0.3, -0.25) is 0 Å². The molecule has 2 nitrogen and oxygen atoms in total. The molecule has 1 N–H and O–H groups in total. The van der Waals surface area contributed by atoms with Gasteiger partial charge in [0.05, 0.1) is 6.10 Å². The van der Waals surface area contributed by atoms with Crippen molar-refractivity contribution in [2.75, 3.05) is 13.2 Å². The highest BCUT2D eigenvalue weighted by Gasteiger charge is 2.41. The van der Waals surface area contributed by atoms with Gasteiger partial charge in [-0.05, 0) is 63.2 Å². The maximum absolute atomic E-state index is 5.79. The molecular formula is C15H27NO. The second-order valence-corrected chi connectivity index (χ2v) is 6.52. The molecule has 3 rings (SSSR count). The van der Waals surface area contributed by atoms with E-state index < -0.39 is 0 Å². The quantitative estimate of drug-likeness (QED) is 0.811. The summed E-state index contributed by atoms with van der Waals surface area (Å²) in [7, 11) is 0.